The second-order valence-electron chi connectivity index (χ2n) is 9.65. The summed E-state index contributed by atoms with van der Waals surface area (Å²) in [5, 5.41) is 2.67. The number of methoxy groups -OCH3 is 1. The van der Waals surface area contributed by atoms with Gasteiger partial charge >= 0.3 is 18.2 Å². The molecule has 3 atom stereocenters. The first-order chi connectivity index (χ1) is 12.8. The van der Waals surface area contributed by atoms with Gasteiger partial charge in [0.2, 0.25) is 0 Å². The minimum atomic E-state index is -0.802. The molecular weight excluding hydrogens is 364 g/mol. The fourth-order valence-corrected chi connectivity index (χ4v) is 4.03. The molecule has 0 aromatic rings. The Hall–Kier alpha value is -1.99. The number of amides is 2. The van der Waals surface area contributed by atoms with Crippen molar-refractivity contribution >= 4 is 18.2 Å². The largest absolute Gasteiger partial charge is 0.467 e. The smallest absolute Gasteiger partial charge is 0.410 e. The fourth-order valence-electron chi connectivity index (χ4n) is 4.03. The van der Waals surface area contributed by atoms with E-state index in [0.29, 0.717) is 12.8 Å². The van der Waals surface area contributed by atoms with Gasteiger partial charge in [-0.15, -0.1) is 0 Å². The summed E-state index contributed by atoms with van der Waals surface area (Å²) < 4.78 is 15.8. The molecule has 160 valence electrons. The number of esters is 1. The summed E-state index contributed by atoms with van der Waals surface area (Å²) in [6.45, 7) is 10.8. The number of hydrogen-bond donors (Lipinski definition) is 1. The van der Waals surface area contributed by atoms with Crippen LogP contribution in [-0.2, 0) is 19.0 Å². The Labute approximate surface area is 167 Å². The number of carbonyl (C=O) groups excluding carboxylic acids is 3. The quantitative estimate of drug-likeness (QED) is 0.579. The molecule has 2 bridgehead atoms. The molecule has 0 saturated carbocycles. The number of piperidine rings is 1. The lowest BCUT2D eigenvalue weighted by atomic mass is 9.85. The van der Waals surface area contributed by atoms with Gasteiger partial charge in [-0.25, -0.2) is 14.4 Å². The molecule has 2 aliphatic rings. The average Bonchev–Trinajstić information content (AvgIpc) is 2.79. The first-order valence-corrected chi connectivity index (χ1v) is 9.89. The van der Waals surface area contributed by atoms with Gasteiger partial charge < -0.3 is 24.4 Å². The molecule has 2 rings (SSSR count). The number of ether oxygens (including phenoxy) is 3. The Morgan fingerprint density at radius 1 is 0.929 bits per heavy atom. The Bertz CT molecular complexity index is 593. The normalized spacial score (nSPS) is 25.7. The van der Waals surface area contributed by atoms with E-state index in [-0.39, 0.29) is 24.1 Å². The Kier molecular flexibility index (Phi) is 6.51. The van der Waals surface area contributed by atoms with Crippen LogP contribution in [0, 0.1) is 5.92 Å². The SMILES string of the molecule is COC(=O)[C@@H](NC(=O)OC(C)(C)C)C1CC2CCC(C1)N2C(=O)OC(C)(C)C. The van der Waals surface area contributed by atoms with Gasteiger partial charge in [0.05, 0.1) is 7.11 Å². The van der Waals surface area contributed by atoms with Gasteiger partial charge in [0.25, 0.3) is 0 Å². The summed E-state index contributed by atoms with van der Waals surface area (Å²) in [5.74, 6) is -0.628. The minimum absolute atomic E-state index is 0.00815. The van der Waals surface area contributed by atoms with E-state index >= 15 is 0 Å². The van der Waals surface area contributed by atoms with Gasteiger partial charge in [0, 0.05) is 12.1 Å². The highest BCUT2D eigenvalue weighted by molar-refractivity contribution is 5.82. The number of hydrogen-bond acceptors (Lipinski definition) is 6. The van der Waals surface area contributed by atoms with Gasteiger partial charge in [-0.05, 0) is 73.1 Å². The van der Waals surface area contributed by atoms with Gasteiger partial charge in [0.15, 0.2) is 0 Å². The molecule has 1 N–H and O–H groups in total. The van der Waals surface area contributed by atoms with Crippen molar-refractivity contribution in [3.05, 3.63) is 0 Å². The molecule has 8 nitrogen and oxygen atoms in total. The number of nitrogens with zero attached hydrogens (tertiary/aromatic N) is 1. The van der Waals surface area contributed by atoms with E-state index in [4.69, 9.17) is 14.2 Å². The standard InChI is InChI=1S/C20H34N2O6/c1-19(2,3)27-17(24)21-15(16(23)26-7)12-10-13-8-9-14(11-12)22(13)18(25)28-20(4,5)6/h12-15H,8-11H2,1-7H3,(H,21,24)/t12?,13?,14?,15-/m0/s1. The van der Waals surface area contributed by atoms with Crippen molar-refractivity contribution in [3.63, 3.8) is 0 Å². The molecule has 0 aliphatic carbocycles. The monoisotopic (exact) mass is 398 g/mol. The number of nitrogens with one attached hydrogen (secondary N) is 1. The van der Waals surface area contributed by atoms with E-state index in [0.717, 1.165) is 12.8 Å². The van der Waals surface area contributed by atoms with Gasteiger partial charge in [-0.2, -0.15) is 0 Å². The van der Waals surface area contributed by atoms with Gasteiger partial charge in [-0.1, -0.05) is 0 Å². The van der Waals surface area contributed by atoms with Crippen molar-refractivity contribution in [2.75, 3.05) is 7.11 Å². The van der Waals surface area contributed by atoms with Crippen LogP contribution in [-0.4, -0.2) is 59.5 Å². The van der Waals surface area contributed by atoms with E-state index in [9.17, 15) is 14.4 Å². The summed E-state index contributed by atoms with van der Waals surface area (Å²) >= 11 is 0. The van der Waals surface area contributed by atoms with Crippen molar-refractivity contribution in [2.45, 2.75) is 96.6 Å². The van der Waals surface area contributed by atoms with Crippen LogP contribution < -0.4 is 5.32 Å². The number of fused-ring (bicyclic) bond motifs is 2. The third-order valence-electron chi connectivity index (χ3n) is 4.97. The number of alkyl carbamates (subject to hydrolysis) is 1. The van der Waals surface area contributed by atoms with Crippen LogP contribution in [0.4, 0.5) is 9.59 Å². The van der Waals surface area contributed by atoms with Crippen LogP contribution in [0.25, 0.3) is 0 Å². The molecule has 2 amide bonds. The predicted octanol–water partition coefficient (Wildman–Crippen LogP) is 3.23. The van der Waals surface area contributed by atoms with Crippen molar-refractivity contribution in [3.8, 4) is 0 Å². The number of carbonyl (C=O) groups is 3. The summed E-state index contributed by atoms with van der Waals surface area (Å²) in [6, 6.07) is -0.818. The van der Waals surface area contributed by atoms with Crippen LogP contribution >= 0.6 is 0 Å². The van der Waals surface area contributed by atoms with Crippen molar-refractivity contribution < 1.29 is 28.6 Å². The Morgan fingerprint density at radius 3 is 1.86 bits per heavy atom. The molecule has 0 radical (unpaired) electrons. The highest BCUT2D eigenvalue weighted by atomic mass is 16.6. The Morgan fingerprint density at radius 2 is 1.43 bits per heavy atom. The lowest BCUT2D eigenvalue weighted by Crippen LogP contribution is -2.55. The molecule has 0 aromatic carbocycles. The molecule has 8 heteroatoms. The Balaban J connectivity index is 2.09. The van der Waals surface area contributed by atoms with E-state index in [1.165, 1.54) is 7.11 Å². The predicted molar refractivity (Wildman–Crippen MR) is 103 cm³/mol. The van der Waals surface area contributed by atoms with Gasteiger partial charge in [0.1, 0.15) is 17.2 Å². The molecular formula is C20H34N2O6. The summed E-state index contributed by atoms with van der Waals surface area (Å²) in [6.07, 6.45) is 1.97. The average molecular weight is 399 g/mol. The summed E-state index contributed by atoms with van der Waals surface area (Å²) in [5.41, 5.74) is -1.22. The molecule has 2 saturated heterocycles. The first kappa shape index (κ1) is 22.3. The molecule has 2 aliphatic heterocycles. The first-order valence-electron chi connectivity index (χ1n) is 9.89. The molecule has 2 heterocycles. The molecule has 28 heavy (non-hydrogen) atoms. The van der Waals surface area contributed by atoms with Crippen LogP contribution in [0.2, 0.25) is 0 Å². The number of rotatable bonds is 3. The zero-order valence-corrected chi connectivity index (χ0v) is 18.0. The maximum atomic E-state index is 12.6. The van der Waals surface area contributed by atoms with Crippen LogP contribution in [0.15, 0.2) is 0 Å². The third-order valence-corrected chi connectivity index (χ3v) is 4.97. The van der Waals surface area contributed by atoms with Crippen LogP contribution in [0.1, 0.15) is 67.2 Å². The lowest BCUT2D eigenvalue weighted by Gasteiger charge is -2.41. The maximum Gasteiger partial charge on any atom is 0.410 e. The van der Waals surface area contributed by atoms with Crippen LogP contribution in [0.5, 0.6) is 0 Å². The second kappa shape index (κ2) is 8.17. The lowest BCUT2D eigenvalue weighted by molar-refractivity contribution is -0.145. The zero-order chi connectivity index (χ0) is 21.3. The highest BCUT2D eigenvalue weighted by Gasteiger charge is 2.48. The third kappa shape index (κ3) is 5.75. The molecule has 0 spiro atoms. The molecule has 2 unspecified atom stereocenters. The van der Waals surface area contributed by atoms with E-state index in [1.807, 2.05) is 25.7 Å². The molecule has 0 aromatic heterocycles. The topological polar surface area (TPSA) is 94.2 Å². The second-order valence-corrected chi connectivity index (χ2v) is 9.65. The van der Waals surface area contributed by atoms with Crippen molar-refractivity contribution in [1.82, 2.24) is 10.2 Å². The van der Waals surface area contributed by atoms with Crippen molar-refractivity contribution in [2.24, 2.45) is 5.92 Å². The van der Waals surface area contributed by atoms with Gasteiger partial charge in [-0.3, -0.25) is 0 Å². The molecule has 2 fully saturated rings. The zero-order valence-electron chi connectivity index (χ0n) is 18.0. The van der Waals surface area contributed by atoms with Crippen LogP contribution in [0.3, 0.4) is 0 Å². The summed E-state index contributed by atoms with van der Waals surface area (Å²) in [4.78, 5) is 39.0. The highest BCUT2D eigenvalue weighted by Crippen LogP contribution is 2.41. The van der Waals surface area contributed by atoms with E-state index in [2.05, 4.69) is 5.32 Å². The van der Waals surface area contributed by atoms with E-state index < -0.39 is 29.3 Å². The van der Waals surface area contributed by atoms with E-state index in [1.54, 1.807) is 20.8 Å². The maximum absolute atomic E-state index is 12.6. The fraction of sp³-hybridized carbons (Fsp3) is 0.850. The van der Waals surface area contributed by atoms with Crippen molar-refractivity contribution in [1.29, 1.82) is 0 Å². The summed E-state index contributed by atoms with van der Waals surface area (Å²) in [7, 11) is 1.30. The minimum Gasteiger partial charge on any atom is -0.467 e.